The predicted octanol–water partition coefficient (Wildman–Crippen LogP) is 12.5. The highest BCUT2D eigenvalue weighted by atomic mass is 33.7. The maximum atomic E-state index is 7.02. The maximum absolute atomic E-state index is 7.02. The Morgan fingerprint density at radius 2 is 1.02 bits per heavy atom. The van der Waals surface area contributed by atoms with E-state index in [1.807, 2.05) is 63.9 Å². The number of thiazole rings is 2. The zero-order chi connectivity index (χ0) is 33.3. The third-order valence-corrected chi connectivity index (χ3v) is 21.7. The van der Waals surface area contributed by atoms with Crippen molar-refractivity contribution >= 4 is 102 Å². The summed E-state index contributed by atoms with van der Waals surface area (Å²) in [5, 5.41) is 2.52. The van der Waals surface area contributed by atoms with Crippen LogP contribution in [0, 0.1) is 0 Å². The fourth-order valence-corrected chi connectivity index (χ4v) is 19.5. The molecule has 4 nitrogen and oxygen atoms in total. The van der Waals surface area contributed by atoms with E-state index in [9.17, 15) is 0 Å². The number of ether oxygens (including phenoxy) is 2. The van der Waals surface area contributed by atoms with Crippen LogP contribution < -0.4 is 0 Å². The number of nitrogens with zero attached hydrogens (tertiary/aromatic N) is 2. The van der Waals surface area contributed by atoms with E-state index in [-0.39, 0.29) is 11.5 Å². The molecule has 6 rings (SSSR count). The molecule has 4 atom stereocenters. The van der Waals surface area contributed by atoms with Gasteiger partial charge in [-0.15, -0.1) is 22.7 Å². The first-order valence-electron chi connectivity index (χ1n) is 17.7. The summed E-state index contributed by atoms with van der Waals surface area (Å²) in [5.74, 6) is 2.70. The number of hydrogen-bond donors (Lipinski definition) is 0. The van der Waals surface area contributed by atoms with Gasteiger partial charge in [0, 0.05) is 23.3 Å². The number of aromatic nitrogens is 2. The van der Waals surface area contributed by atoms with Crippen LogP contribution in [0.25, 0.3) is 20.4 Å². The van der Waals surface area contributed by atoms with Crippen LogP contribution in [0.4, 0.5) is 0 Å². The summed E-state index contributed by atoms with van der Waals surface area (Å²) in [6.07, 6.45) is 13.6. The summed E-state index contributed by atoms with van der Waals surface area (Å²) in [7, 11) is 6.48. The zero-order valence-electron chi connectivity index (χ0n) is 28.7. The van der Waals surface area contributed by atoms with Crippen molar-refractivity contribution in [2.45, 2.75) is 126 Å². The summed E-state index contributed by atoms with van der Waals surface area (Å²) >= 11 is 3.76. The van der Waals surface area contributed by atoms with Crippen molar-refractivity contribution in [3.8, 4) is 0 Å². The summed E-state index contributed by atoms with van der Waals surface area (Å²) in [6, 6.07) is 17.2. The lowest BCUT2D eigenvalue weighted by Gasteiger charge is -2.34. The molecule has 12 heteroatoms. The molecule has 0 saturated heterocycles. The Kier molecular flexibility index (Phi) is 15.1. The highest BCUT2D eigenvalue weighted by Gasteiger charge is 2.35. The van der Waals surface area contributed by atoms with E-state index in [1.165, 1.54) is 83.6 Å². The number of para-hydroxylation sites is 2. The molecular formula is C36H50N2O2S6Si2. The summed E-state index contributed by atoms with van der Waals surface area (Å²) in [5.41, 5.74) is 2.81. The molecule has 2 saturated carbocycles. The largest absolute Gasteiger partial charge is 0.378 e. The third-order valence-electron chi connectivity index (χ3n) is 9.53. The number of rotatable bonds is 17. The predicted molar refractivity (Wildman–Crippen MR) is 223 cm³/mol. The Labute approximate surface area is 314 Å². The van der Waals surface area contributed by atoms with Crippen molar-refractivity contribution in [3.05, 3.63) is 58.5 Å². The number of fused-ring (bicyclic) bond motifs is 2. The Hall–Kier alpha value is -0.0262. The van der Waals surface area contributed by atoms with Gasteiger partial charge >= 0.3 is 0 Å². The van der Waals surface area contributed by atoms with Gasteiger partial charge in [-0.25, -0.2) is 9.97 Å². The van der Waals surface area contributed by atoms with Gasteiger partial charge in [0.15, 0.2) is 0 Å². The minimum absolute atomic E-state index is 0.278. The fourth-order valence-electron chi connectivity index (χ4n) is 7.00. The van der Waals surface area contributed by atoms with Crippen molar-refractivity contribution < 1.29 is 9.47 Å². The van der Waals surface area contributed by atoms with Crippen molar-refractivity contribution in [3.63, 3.8) is 0 Å². The molecule has 2 radical (unpaired) electrons. The van der Waals surface area contributed by atoms with Gasteiger partial charge in [0.25, 0.3) is 0 Å². The number of hydrogen-bond acceptors (Lipinski definition) is 10. The second-order valence-electron chi connectivity index (χ2n) is 13.7. The van der Waals surface area contributed by atoms with Crippen molar-refractivity contribution in [1.29, 1.82) is 0 Å². The van der Waals surface area contributed by atoms with Crippen molar-refractivity contribution in [1.82, 2.24) is 9.97 Å². The van der Waals surface area contributed by atoms with Gasteiger partial charge in [-0.05, 0) is 69.6 Å². The van der Waals surface area contributed by atoms with Crippen LogP contribution in [-0.4, -0.2) is 62.7 Å². The van der Waals surface area contributed by atoms with Crippen LogP contribution >= 0.6 is 63.9 Å². The normalized spacial score (nSPS) is 19.4. The second kappa shape index (κ2) is 19.2. The third kappa shape index (κ3) is 10.3. The summed E-state index contributed by atoms with van der Waals surface area (Å²) < 4.78 is 16.6. The Bertz CT molecular complexity index is 1360. The minimum Gasteiger partial charge on any atom is -0.378 e. The van der Waals surface area contributed by atoms with Gasteiger partial charge in [0.1, 0.15) is 10.0 Å². The minimum atomic E-state index is -0.690. The van der Waals surface area contributed by atoms with Gasteiger partial charge in [-0.3, -0.25) is 0 Å². The van der Waals surface area contributed by atoms with Crippen LogP contribution in [-0.2, 0) is 9.47 Å². The topological polar surface area (TPSA) is 44.2 Å². The average Bonchev–Trinajstić information content (AvgIpc) is 3.73. The van der Waals surface area contributed by atoms with Gasteiger partial charge in [-0.1, -0.05) is 111 Å². The monoisotopic (exact) mass is 790 g/mol. The lowest BCUT2D eigenvalue weighted by atomic mass is 9.98. The molecule has 4 aromatic rings. The zero-order valence-corrected chi connectivity index (χ0v) is 35.6. The first-order valence-corrected chi connectivity index (χ1v) is 29.6. The van der Waals surface area contributed by atoms with Crippen molar-refractivity contribution in [2.24, 2.45) is 0 Å². The van der Waals surface area contributed by atoms with Gasteiger partial charge in [0.05, 0.1) is 61.7 Å². The molecule has 4 unspecified atom stereocenters. The molecule has 2 aliphatic rings. The van der Waals surface area contributed by atoms with E-state index < -0.39 is 17.6 Å². The van der Waals surface area contributed by atoms with Gasteiger partial charge < -0.3 is 9.47 Å². The second-order valence-corrected chi connectivity index (χ2v) is 27.4. The molecule has 0 N–H and O–H groups in total. The molecule has 0 bridgehead atoms. The summed E-state index contributed by atoms with van der Waals surface area (Å²) in [4.78, 5) is 10.4. The molecule has 2 aromatic carbocycles. The van der Waals surface area contributed by atoms with Crippen LogP contribution in [0.2, 0.25) is 26.2 Å². The van der Waals surface area contributed by atoms with E-state index in [0.717, 1.165) is 22.5 Å². The maximum Gasteiger partial charge on any atom is 0.100 e. The van der Waals surface area contributed by atoms with E-state index in [1.54, 1.807) is 0 Å². The van der Waals surface area contributed by atoms with Gasteiger partial charge in [-0.2, -0.15) is 0 Å². The van der Waals surface area contributed by atoms with Gasteiger partial charge in [0.2, 0.25) is 0 Å². The lowest BCUT2D eigenvalue weighted by Crippen LogP contribution is -2.39. The quantitative estimate of drug-likeness (QED) is 0.0595. The standard InChI is InChI=1S/C36H50N2O2S6Si2/c1-47(2)35(39-25-15-7-5-8-16-25)27(33-37-29-19-11-13-21-31(29)43-33)23-41-45-46-42-24-28(34-38-30-20-12-14-22-32(30)44-34)36(48(3)4)40-26-17-9-6-10-18-26/h11-14,19-22,25-28,35-36H,5-10,15-18,23-24H2,1-4H3. The van der Waals surface area contributed by atoms with Crippen LogP contribution in [0.5, 0.6) is 0 Å². The number of benzene rings is 2. The van der Waals surface area contributed by atoms with E-state index >= 15 is 0 Å². The smallest absolute Gasteiger partial charge is 0.100 e. The van der Waals surface area contributed by atoms with Crippen LogP contribution in [0.3, 0.4) is 0 Å². The Balaban J connectivity index is 1.11. The van der Waals surface area contributed by atoms with E-state index in [2.05, 4.69) is 74.7 Å². The van der Waals surface area contributed by atoms with Crippen LogP contribution in [0.15, 0.2) is 48.5 Å². The lowest BCUT2D eigenvalue weighted by molar-refractivity contribution is -0.00322. The summed E-state index contributed by atoms with van der Waals surface area (Å²) in [6.45, 7) is 9.75. The van der Waals surface area contributed by atoms with Crippen LogP contribution in [0.1, 0.15) is 86.1 Å². The molecule has 0 spiro atoms. The average molecular weight is 791 g/mol. The Morgan fingerprint density at radius 3 is 1.40 bits per heavy atom. The molecular weight excluding hydrogens is 741 g/mol. The molecule has 260 valence electrons. The molecule has 2 fully saturated rings. The van der Waals surface area contributed by atoms with E-state index in [4.69, 9.17) is 19.4 Å². The molecule has 48 heavy (non-hydrogen) atoms. The highest BCUT2D eigenvalue weighted by molar-refractivity contribution is 9.26. The van der Waals surface area contributed by atoms with Crippen molar-refractivity contribution in [2.75, 3.05) is 11.5 Å². The fraction of sp³-hybridized carbons (Fsp3) is 0.611. The first kappa shape index (κ1) is 37.7. The molecule has 2 aromatic heterocycles. The molecule has 0 aliphatic heterocycles. The molecule has 0 amide bonds. The SMILES string of the molecule is C[Si](C)C(OC1CCCCC1)C(CSSSSCC(c1nc2ccccc2s1)C(OC1CCCCC1)[Si](C)C)c1nc2ccccc2s1. The van der Waals surface area contributed by atoms with E-state index in [0.29, 0.717) is 24.0 Å². The Morgan fingerprint density at radius 1 is 0.625 bits per heavy atom. The first-order chi connectivity index (χ1) is 23.5. The molecule has 2 aliphatic carbocycles. The molecule has 2 heterocycles. The highest BCUT2D eigenvalue weighted by Crippen LogP contribution is 2.48.